The molecule has 0 atom stereocenters. The van der Waals surface area contributed by atoms with Crippen LogP contribution in [0.4, 0.5) is 0 Å². The molecule has 1 fully saturated rings. The molecule has 0 unspecified atom stereocenters. The maximum atomic E-state index is 12.1. The molecule has 102 valence electrons. The molecule has 1 aliphatic carbocycles. The van der Waals surface area contributed by atoms with Crippen molar-refractivity contribution in [3.05, 3.63) is 0 Å². The Labute approximate surface area is 106 Å². The Morgan fingerprint density at radius 3 is 2.47 bits per heavy atom. The van der Waals surface area contributed by atoms with Gasteiger partial charge in [-0.3, -0.25) is 0 Å². The van der Waals surface area contributed by atoms with E-state index in [0.29, 0.717) is 18.9 Å². The van der Waals surface area contributed by atoms with E-state index < -0.39 is 10.0 Å². The highest BCUT2D eigenvalue weighted by molar-refractivity contribution is 7.89. The highest BCUT2D eigenvalue weighted by atomic mass is 32.2. The largest absolute Gasteiger partial charge is 0.317 e. The number of rotatable bonds is 10. The fourth-order valence-electron chi connectivity index (χ4n) is 1.84. The summed E-state index contributed by atoms with van der Waals surface area (Å²) in [5.41, 5.74) is 0. The monoisotopic (exact) mass is 262 g/mol. The summed E-state index contributed by atoms with van der Waals surface area (Å²) in [7, 11) is -3.02. The number of hydrogen-bond donors (Lipinski definition) is 1. The summed E-state index contributed by atoms with van der Waals surface area (Å²) in [5, 5.41) is 3.23. The van der Waals surface area contributed by atoms with E-state index >= 15 is 0 Å². The summed E-state index contributed by atoms with van der Waals surface area (Å²) in [6.45, 7) is 7.16. The summed E-state index contributed by atoms with van der Waals surface area (Å²) < 4.78 is 25.8. The summed E-state index contributed by atoms with van der Waals surface area (Å²) in [5.74, 6) is 0.910. The van der Waals surface area contributed by atoms with Gasteiger partial charge in [-0.2, -0.15) is 0 Å². The van der Waals surface area contributed by atoms with E-state index in [1.165, 1.54) is 12.8 Å². The van der Waals surface area contributed by atoms with Gasteiger partial charge in [0.05, 0.1) is 5.75 Å². The van der Waals surface area contributed by atoms with Gasteiger partial charge < -0.3 is 5.32 Å². The smallest absolute Gasteiger partial charge is 0.214 e. The van der Waals surface area contributed by atoms with E-state index in [1.807, 2.05) is 6.92 Å². The Balaban J connectivity index is 2.26. The number of sulfonamides is 1. The fraction of sp³-hybridized carbons (Fsp3) is 1.00. The minimum atomic E-state index is -3.02. The Hall–Kier alpha value is -0.130. The second kappa shape index (κ2) is 7.34. The average molecular weight is 262 g/mol. The molecule has 1 N–H and O–H groups in total. The third-order valence-electron chi connectivity index (χ3n) is 3.09. The van der Waals surface area contributed by atoms with Gasteiger partial charge in [0, 0.05) is 13.1 Å². The average Bonchev–Trinajstić information content (AvgIpc) is 3.09. The SMILES string of the molecule is CCCNCCCS(=O)(=O)N(CC)CC1CC1. The minimum absolute atomic E-state index is 0.282. The molecule has 5 heteroatoms. The van der Waals surface area contributed by atoms with E-state index in [-0.39, 0.29) is 5.75 Å². The molecule has 0 aromatic carbocycles. The van der Waals surface area contributed by atoms with E-state index in [9.17, 15) is 8.42 Å². The molecule has 0 bridgehead atoms. The third-order valence-corrected chi connectivity index (χ3v) is 5.09. The highest BCUT2D eigenvalue weighted by Gasteiger charge is 2.29. The zero-order valence-electron chi connectivity index (χ0n) is 11.1. The van der Waals surface area contributed by atoms with Crippen molar-refractivity contribution in [2.24, 2.45) is 5.92 Å². The molecule has 0 spiro atoms. The van der Waals surface area contributed by atoms with Crippen LogP contribution in [0.1, 0.15) is 39.5 Å². The lowest BCUT2D eigenvalue weighted by atomic mass is 10.4. The van der Waals surface area contributed by atoms with Crippen molar-refractivity contribution < 1.29 is 8.42 Å². The van der Waals surface area contributed by atoms with Gasteiger partial charge >= 0.3 is 0 Å². The molecule has 17 heavy (non-hydrogen) atoms. The Kier molecular flexibility index (Phi) is 6.44. The van der Waals surface area contributed by atoms with Gasteiger partial charge in [-0.15, -0.1) is 0 Å². The summed E-state index contributed by atoms with van der Waals surface area (Å²) in [6, 6.07) is 0. The fourth-order valence-corrected chi connectivity index (χ4v) is 3.44. The topological polar surface area (TPSA) is 49.4 Å². The molecule has 4 nitrogen and oxygen atoms in total. The molecule has 0 heterocycles. The van der Waals surface area contributed by atoms with Crippen LogP contribution in [0.2, 0.25) is 0 Å². The van der Waals surface area contributed by atoms with Crippen LogP contribution in [0.15, 0.2) is 0 Å². The second-order valence-corrected chi connectivity index (χ2v) is 6.90. The van der Waals surface area contributed by atoms with Crippen molar-refractivity contribution >= 4 is 10.0 Å². The lowest BCUT2D eigenvalue weighted by molar-refractivity contribution is 0.411. The lowest BCUT2D eigenvalue weighted by Gasteiger charge is -2.20. The van der Waals surface area contributed by atoms with E-state index in [2.05, 4.69) is 12.2 Å². The minimum Gasteiger partial charge on any atom is -0.317 e. The molecule has 0 aliphatic heterocycles. The second-order valence-electron chi connectivity index (χ2n) is 4.81. The standard InChI is InChI=1S/C12H26N2O2S/c1-3-8-13-9-5-10-17(15,16)14(4-2)11-12-6-7-12/h12-13H,3-11H2,1-2H3. The van der Waals surface area contributed by atoms with Gasteiger partial charge in [0.1, 0.15) is 0 Å². The molecule has 0 amide bonds. The van der Waals surface area contributed by atoms with Crippen LogP contribution < -0.4 is 5.32 Å². The molecule has 1 aliphatic rings. The van der Waals surface area contributed by atoms with Crippen LogP contribution >= 0.6 is 0 Å². The number of hydrogen-bond acceptors (Lipinski definition) is 3. The summed E-state index contributed by atoms with van der Waals surface area (Å²) in [4.78, 5) is 0. The maximum absolute atomic E-state index is 12.1. The van der Waals surface area contributed by atoms with Crippen molar-refractivity contribution in [1.82, 2.24) is 9.62 Å². The van der Waals surface area contributed by atoms with Crippen LogP contribution in [0.3, 0.4) is 0 Å². The molecule has 1 saturated carbocycles. The molecule has 0 aromatic heterocycles. The molecular formula is C12H26N2O2S. The Morgan fingerprint density at radius 1 is 1.24 bits per heavy atom. The van der Waals surface area contributed by atoms with Crippen LogP contribution in [0.25, 0.3) is 0 Å². The van der Waals surface area contributed by atoms with Crippen LogP contribution in [-0.2, 0) is 10.0 Å². The Morgan fingerprint density at radius 2 is 1.94 bits per heavy atom. The van der Waals surface area contributed by atoms with E-state index in [4.69, 9.17) is 0 Å². The Bertz CT molecular complexity index is 300. The van der Waals surface area contributed by atoms with E-state index in [0.717, 1.165) is 26.1 Å². The molecule has 0 radical (unpaired) electrons. The lowest BCUT2D eigenvalue weighted by Crippen LogP contribution is -2.35. The quantitative estimate of drug-likeness (QED) is 0.606. The highest BCUT2D eigenvalue weighted by Crippen LogP contribution is 2.30. The zero-order valence-corrected chi connectivity index (χ0v) is 11.9. The van der Waals surface area contributed by atoms with Crippen molar-refractivity contribution in [3.8, 4) is 0 Å². The van der Waals surface area contributed by atoms with Gasteiger partial charge in [0.25, 0.3) is 0 Å². The first-order valence-electron chi connectivity index (χ1n) is 6.78. The van der Waals surface area contributed by atoms with E-state index in [1.54, 1.807) is 4.31 Å². The first-order valence-corrected chi connectivity index (χ1v) is 8.39. The maximum Gasteiger partial charge on any atom is 0.214 e. The van der Waals surface area contributed by atoms with Crippen molar-refractivity contribution in [2.45, 2.75) is 39.5 Å². The van der Waals surface area contributed by atoms with Crippen LogP contribution in [0, 0.1) is 5.92 Å². The van der Waals surface area contributed by atoms with Gasteiger partial charge in [-0.05, 0) is 44.7 Å². The predicted molar refractivity (Wildman–Crippen MR) is 71.5 cm³/mol. The molecule has 0 saturated heterocycles. The van der Waals surface area contributed by atoms with Crippen LogP contribution in [-0.4, -0.2) is 44.7 Å². The van der Waals surface area contributed by atoms with Gasteiger partial charge in [0.15, 0.2) is 0 Å². The molecule has 0 aromatic rings. The third kappa shape index (κ3) is 5.84. The molecular weight excluding hydrogens is 236 g/mol. The molecule has 1 rings (SSSR count). The van der Waals surface area contributed by atoms with Gasteiger partial charge in [0.2, 0.25) is 10.0 Å². The summed E-state index contributed by atoms with van der Waals surface area (Å²) in [6.07, 6.45) is 4.20. The van der Waals surface area contributed by atoms with Gasteiger partial charge in [-0.25, -0.2) is 12.7 Å². The predicted octanol–water partition coefficient (Wildman–Crippen LogP) is 1.44. The van der Waals surface area contributed by atoms with Gasteiger partial charge in [-0.1, -0.05) is 13.8 Å². The first-order chi connectivity index (χ1) is 8.10. The van der Waals surface area contributed by atoms with Crippen LogP contribution in [0.5, 0.6) is 0 Å². The van der Waals surface area contributed by atoms with Crippen molar-refractivity contribution in [3.63, 3.8) is 0 Å². The number of nitrogens with zero attached hydrogens (tertiary/aromatic N) is 1. The number of nitrogens with one attached hydrogen (secondary N) is 1. The first kappa shape index (κ1) is 14.9. The van der Waals surface area contributed by atoms with Crippen molar-refractivity contribution in [2.75, 3.05) is 31.9 Å². The summed E-state index contributed by atoms with van der Waals surface area (Å²) >= 11 is 0. The zero-order chi connectivity index (χ0) is 12.7. The normalized spacial score (nSPS) is 16.6. The van der Waals surface area contributed by atoms with Crippen molar-refractivity contribution in [1.29, 1.82) is 0 Å².